The lowest BCUT2D eigenvalue weighted by atomic mass is 10.1. The first-order valence-electron chi connectivity index (χ1n) is 6.57. The van der Waals surface area contributed by atoms with Crippen molar-refractivity contribution in [3.8, 4) is 0 Å². The summed E-state index contributed by atoms with van der Waals surface area (Å²) < 4.78 is 0. The maximum atomic E-state index is 12.0. The van der Waals surface area contributed by atoms with Gasteiger partial charge in [0.05, 0.1) is 6.54 Å². The molecule has 4 heteroatoms. The summed E-state index contributed by atoms with van der Waals surface area (Å²) in [4.78, 5) is 27.1. The molecule has 1 aliphatic carbocycles. The average molecular weight is 238 g/mol. The summed E-state index contributed by atoms with van der Waals surface area (Å²) in [5, 5.41) is 0. The number of rotatable bonds is 4. The molecule has 1 amide bonds. The zero-order chi connectivity index (χ0) is 12.4. The topological polar surface area (TPSA) is 40.6 Å². The molecule has 1 saturated heterocycles. The van der Waals surface area contributed by atoms with Crippen LogP contribution in [0.1, 0.15) is 32.6 Å². The van der Waals surface area contributed by atoms with Crippen molar-refractivity contribution in [2.45, 2.75) is 38.6 Å². The van der Waals surface area contributed by atoms with Crippen LogP contribution in [-0.2, 0) is 9.59 Å². The molecule has 1 unspecified atom stereocenters. The second-order valence-electron chi connectivity index (χ2n) is 5.41. The van der Waals surface area contributed by atoms with Gasteiger partial charge in [-0.1, -0.05) is 0 Å². The largest absolute Gasteiger partial charge is 0.341 e. The third-order valence-electron chi connectivity index (χ3n) is 4.06. The molecule has 2 rings (SSSR count). The minimum absolute atomic E-state index is 0.174. The van der Waals surface area contributed by atoms with Gasteiger partial charge in [0.15, 0.2) is 0 Å². The highest BCUT2D eigenvalue weighted by atomic mass is 16.2. The fourth-order valence-electron chi connectivity index (χ4n) is 2.40. The van der Waals surface area contributed by atoms with Gasteiger partial charge < -0.3 is 4.90 Å². The van der Waals surface area contributed by atoms with Gasteiger partial charge in [0.1, 0.15) is 5.78 Å². The Morgan fingerprint density at radius 1 is 1.41 bits per heavy atom. The normalized spacial score (nSPS) is 23.0. The molecule has 1 atom stereocenters. The second kappa shape index (κ2) is 5.17. The van der Waals surface area contributed by atoms with E-state index in [4.69, 9.17) is 0 Å². The summed E-state index contributed by atoms with van der Waals surface area (Å²) in [6, 6.07) is 0.505. The van der Waals surface area contributed by atoms with Crippen molar-refractivity contribution in [1.29, 1.82) is 0 Å². The highest BCUT2D eigenvalue weighted by Gasteiger charge is 2.32. The van der Waals surface area contributed by atoms with Crippen molar-refractivity contribution < 1.29 is 9.59 Å². The monoisotopic (exact) mass is 238 g/mol. The molecule has 0 radical (unpaired) electrons. The third-order valence-corrected chi connectivity index (χ3v) is 4.06. The number of likely N-dealkylation sites (N-methyl/N-ethyl adjacent to an activating group) is 1. The number of hydrogen-bond donors (Lipinski definition) is 0. The molecular formula is C13H22N2O2. The summed E-state index contributed by atoms with van der Waals surface area (Å²) in [5.41, 5.74) is 0. The van der Waals surface area contributed by atoms with Gasteiger partial charge in [0, 0.05) is 32.0 Å². The molecule has 4 nitrogen and oxygen atoms in total. The Balaban J connectivity index is 1.77. The number of carbonyl (C=O) groups is 2. The molecule has 0 bridgehead atoms. The number of amides is 1. The first-order chi connectivity index (χ1) is 8.08. The summed E-state index contributed by atoms with van der Waals surface area (Å²) >= 11 is 0. The molecule has 1 saturated carbocycles. The van der Waals surface area contributed by atoms with Crippen LogP contribution in [0, 0.1) is 5.92 Å². The molecule has 0 aromatic heterocycles. The molecule has 1 heterocycles. The number of Topliss-reactive ketones (excluding diaryl/α,β-unsaturated/α-hetero) is 1. The Morgan fingerprint density at radius 3 is 2.53 bits per heavy atom. The van der Waals surface area contributed by atoms with E-state index in [0.717, 1.165) is 5.92 Å². The number of carbonyl (C=O) groups excluding carboxylic acids is 2. The van der Waals surface area contributed by atoms with Gasteiger partial charge >= 0.3 is 0 Å². The fraction of sp³-hybridized carbons (Fsp3) is 0.846. The lowest BCUT2D eigenvalue weighted by Gasteiger charge is -2.30. The molecule has 0 aromatic carbocycles. The number of hydrogen-bond acceptors (Lipinski definition) is 3. The van der Waals surface area contributed by atoms with Gasteiger partial charge in [-0.3, -0.25) is 14.5 Å². The van der Waals surface area contributed by atoms with E-state index in [1.54, 1.807) is 0 Å². The van der Waals surface area contributed by atoms with Crippen molar-refractivity contribution in [3.63, 3.8) is 0 Å². The van der Waals surface area contributed by atoms with E-state index in [-0.39, 0.29) is 11.7 Å². The van der Waals surface area contributed by atoms with E-state index in [9.17, 15) is 9.59 Å². The first kappa shape index (κ1) is 12.6. The van der Waals surface area contributed by atoms with Crippen molar-refractivity contribution in [1.82, 2.24) is 9.80 Å². The van der Waals surface area contributed by atoms with Gasteiger partial charge in [-0.15, -0.1) is 0 Å². The van der Waals surface area contributed by atoms with E-state index in [0.29, 0.717) is 38.5 Å². The Hall–Kier alpha value is -0.900. The van der Waals surface area contributed by atoms with Gasteiger partial charge in [-0.2, -0.15) is 0 Å². The number of nitrogens with zero attached hydrogens (tertiary/aromatic N) is 2. The quantitative estimate of drug-likeness (QED) is 0.731. The van der Waals surface area contributed by atoms with E-state index in [2.05, 4.69) is 11.8 Å². The number of likely N-dealkylation sites (tertiary alicyclic amines) is 1. The van der Waals surface area contributed by atoms with Gasteiger partial charge in [0.2, 0.25) is 5.91 Å². The molecule has 1 aliphatic heterocycles. The first-order valence-corrected chi connectivity index (χ1v) is 6.57. The summed E-state index contributed by atoms with van der Waals surface area (Å²) in [7, 11) is 2.02. The van der Waals surface area contributed by atoms with Gasteiger partial charge in [0.25, 0.3) is 0 Å². The van der Waals surface area contributed by atoms with Crippen LogP contribution in [0.25, 0.3) is 0 Å². The molecule has 0 spiro atoms. The fourth-order valence-corrected chi connectivity index (χ4v) is 2.40. The van der Waals surface area contributed by atoms with Gasteiger partial charge in [-0.25, -0.2) is 0 Å². The van der Waals surface area contributed by atoms with E-state index in [1.165, 1.54) is 12.8 Å². The van der Waals surface area contributed by atoms with Crippen LogP contribution < -0.4 is 0 Å². The maximum Gasteiger partial charge on any atom is 0.236 e. The van der Waals surface area contributed by atoms with Crippen LogP contribution in [-0.4, -0.2) is 54.2 Å². The zero-order valence-electron chi connectivity index (χ0n) is 10.8. The smallest absolute Gasteiger partial charge is 0.236 e. The molecule has 2 fully saturated rings. The zero-order valence-corrected chi connectivity index (χ0v) is 10.8. The standard InChI is InChI=1S/C13H22N2O2/c1-10(11-3-4-11)14(2)9-13(17)15-7-5-12(16)6-8-15/h10-11H,3-9H2,1-2H3. The van der Waals surface area contributed by atoms with Gasteiger partial charge in [-0.05, 0) is 32.7 Å². The lowest BCUT2D eigenvalue weighted by molar-refractivity contribution is -0.135. The highest BCUT2D eigenvalue weighted by Crippen LogP contribution is 2.34. The third kappa shape index (κ3) is 3.28. The Bertz CT molecular complexity index is 303. The molecular weight excluding hydrogens is 216 g/mol. The van der Waals surface area contributed by atoms with Crippen LogP contribution in [0.15, 0.2) is 0 Å². The molecule has 17 heavy (non-hydrogen) atoms. The van der Waals surface area contributed by atoms with E-state index < -0.39 is 0 Å². The van der Waals surface area contributed by atoms with Crippen LogP contribution in [0.3, 0.4) is 0 Å². The Morgan fingerprint density at radius 2 is 2.00 bits per heavy atom. The Kier molecular flexibility index (Phi) is 3.82. The molecule has 0 aromatic rings. The van der Waals surface area contributed by atoms with Crippen molar-refractivity contribution in [2.75, 3.05) is 26.7 Å². The van der Waals surface area contributed by atoms with Crippen LogP contribution in [0.2, 0.25) is 0 Å². The molecule has 2 aliphatic rings. The van der Waals surface area contributed by atoms with Crippen molar-refractivity contribution >= 4 is 11.7 Å². The number of ketones is 1. The minimum atomic E-state index is 0.174. The van der Waals surface area contributed by atoms with Crippen LogP contribution in [0.5, 0.6) is 0 Å². The minimum Gasteiger partial charge on any atom is -0.341 e. The van der Waals surface area contributed by atoms with Crippen LogP contribution >= 0.6 is 0 Å². The SMILES string of the molecule is CC(C1CC1)N(C)CC(=O)N1CCC(=O)CC1. The predicted molar refractivity (Wildman–Crippen MR) is 65.6 cm³/mol. The molecule has 0 N–H and O–H groups in total. The average Bonchev–Trinajstić information content (AvgIpc) is 3.12. The van der Waals surface area contributed by atoms with Crippen LogP contribution in [0.4, 0.5) is 0 Å². The van der Waals surface area contributed by atoms with Crippen molar-refractivity contribution in [2.24, 2.45) is 5.92 Å². The number of piperidine rings is 1. The van der Waals surface area contributed by atoms with E-state index in [1.807, 2.05) is 11.9 Å². The van der Waals surface area contributed by atoms with Crippen molar-refractivity contribution in [3.05, 3.63) is 0 Å². The Labute approximate surface area is 103 Å². The summed E-state index contributed by atoms with van der Waals surface area (Å²) in [6.45, 7) is 3.92. The lowest BCUT2D eigenvalue weighted by Crippen LogP contribution is -2.45. The molecule has 96 valence electrons. The predicted octanol–water partition coefficient (Wildman–Crippen LogP) is 0.908. The summed E-state index contributed by atoms with van der Waals surface area (Å²) in [5.74, 6) is 1.25. The highest BCUT2D eigenvalue weighted by molar-refractivity contribution is 5.84. The maximum absolute atomic E-state index is 12.0. The second-order valence-corrected chi connectivity index (χ2v) is 5.41. The van der Waals surface area contributed by atoms with E-state index >= 15 is 0 Å². The summed E-state index contributed by atoms with van der Waals surface area (Å²) in [6.07, 6.45) is 3.68.